The number of non-ortho nitro benzene ring substituents is 1. The summed E-state index contributed by atoms with van der Waals surface area (Å²) < 4.78 is 4.74. The smallest absolute Gasteiger partial charge is 0.339 e. The van der Waals surface area contributed by atoms with Gasteiger partial charge in [0.25, 0.3) is 5.69 Å². The second kappa shape index (κ2) is 7.57. The van der Waals surface area contributed by atoms with Crippen LogP contribution in [0.15, 0.2) is 48.5 Å². The average molecular weight is 342 g/mol. The van der Waals surface area contributed by atoms with E-state index in [1.165, 1.54) is 24.1 Å². The van der Waals surface area contributed by atoms with Gasteiger partial charge in [-0.2, -0.15) is 0 Å². The number of hydrogen-bond acceptors (Lipinski definition) is 5. The maximum atomic E-state index is 12.8. The van der Waals surface area contributed by atoms with E-state index in [9.17, 15) is 19.7 Å². The molecular formula is C18H18N2O5. The van der Waals surface area contributed by atoms with Crippen LogP contribution in [0.3, 0.4) is 0 Å². The Morgan fingerprint density at radius 1 is 1.16 bits per heavy atom. The number of ether oxygens (including phenoxy) is 1. The fourth-order valence-electron chi connectivity index (χ4n) is 2.51. The van der Waals surface area contributed by atoms with Crippen molar-refractivity contribution in [2.75, 3.05) is 19.1 Å². The van der Waals surface area contributed by atoms with Crippen LogP contribution in [0, 0.1) is 10.1 Å². The first-order valence-electron chi connectivity index (χ1n) is 7.56. The van der Waals surface area contributed by atoms with Crippen LogP contribution in [0.1, 0.15) is 28.8 Å². The Hall–Kier alpha value is -3.22. The van der Waals surface area contributed by atoms with Crippen molar-refractivity contribution in [2.24, 2.45) is 0 Å². The minimum atomic E-state index is -0.615. The van der Waals surface area contributed by atoms with E-state index in [0.29, 0.717) is 11.3 Å². The first-order chi connectivity index (χ1) is 11.9. The number of likely N-dealkylation sites (N-methyl/N-ethyl adjacent to an activating group) is 1. The molecular weight excluding hydrogens is 324 g/mol. The monoisotopic (exact) mass is 342 g/mol. The summed E-state index contributed by atoms with van der Waals surface area (Å²) in [6, 6.07) is 12.6. The molecule has 2 aromatic carbocycles. The van der Waals surface area contributed by atoms with Crippen LogP contribution in [0.5, 0.6) is 0 Å². The summed E-state index contributed by atoms with van der Waals surface area (Å²) in [4.78, 5) is 36.4. The molecule has 0 fully saturated rings. The zero-order valence-electron chi connectivity index (χ0n) is 14.1. The predicted octanol–water partition coefficient (Wildman–Crippen LogP) is 3.15. The molecule has 0 radical (unpaired) electrons. The van der Waals surface area contributed by atoms with Crippen molar-refractivity contribution in [1.29, 1.82) is 0 Å². The summed E-state index contributed by atoms with van der Waals surface area (Å²) in [5.41, 5.74) is 1.14. The molecule has 0 aliphatic rings. The molecule has 0 heterocycles. The Kier molecular flexibility index (Phi) is 5.49. The molecule has 7 nitrogen and oxygen atoms in total. The number of methoxy groups -OCH3 is 1. The van der Waals surface area contributed by atoms with Crippen molar-refractivity contribution < 1.29 is 19.2 Å². The summed E-state index contributed by atoms with van der Waals surface area (Å²) in [6.07, 6.45) is 0. The minimum absolute atomic E-state index is 0.0743. The third-order valence-corrected chi connectivity index (χ3v) is 3.95. The van der Waals surface area contributed by atoms with E-state index in [4.69, 9.17) is 4.74 Å². The van der Waals surface area contributed by atoms with E-state index in [-0.39, 0.29) is 17.2 Å². The zero-order valence-corrected chi connectivity index (χ0v) is 14.1. The van der Waals surface area contributed by atoms with Crippen LogP contribution in [-0.4, -0.2) is 31.0 Å². The van der Waals surface area contributed by atoms with Gasteiger partial charge in [-0.15, -0.1) is 0 Å². The molecule has 2 aromatic rings. The first-order valence-corrected chi connectivity index (χ1v) is 7.56. The second-order valence-electron chi connectivity index (χ2n) is 5.48. The molecule has 0 aliphatic heterocycles. The normalized spacial score (nSPS) is 11.5. The number of nitrogens with zero attached hydrogens (tertiary/aromatic N) is 2. The van der Waals surface area contributed by atoms with Gasteiger partial charge in [0, 0.05) is 19.2 Å². The van der Waals surface area contributed by atoms with Gasteiger partial charge < -0.3 is 9.64 Å². The molecule has 2 rings (SSSR count). The van der Waals surface area contributed by atoms with E-state index in [0.717, 1.165) is 0 Å². The summed E-state index contributed by atoms with van der Waals surface area (Å²) in [6.45, 7) is 1.67. The van der Waals surface area contributed by atoms with Gasteiger partial charge in [0.2, 0.25) is 5.91 Å². The van der Waals surface area contributed by atoms with Crippen LogP contribution in [0.25, 0.3) is 0 Å². The molecule has 0 aromatic heterocycles. The Bertz CT molecular complexity index is 819. The van der Waals surface area contributed by atoms with Gasteiger partial charge >= 0.3 is 5.97 Å². The number of nitro benzene ring substituents is 1. The van der Waals surface area contributed by atoms with Crippen molar-refractivity contribution >= 4 is 23.3 Å². The van der Waals surface area contributed by atoms with Crippen LogP contribution in [0.4, 0.5) is 11.4 Å². The lowest BCUT2D eigenvalue weighted by atomic mass is 9.98. The maximum Gasteiger partial charge on any atom is 0.339 e. The van der Waals surface area contributed by atoms with Gasteiger partial charge in [0.15, 0.2) is 0 Å². The van der Waals surface area contributed by atoms with Crippen LogP contribution < -0.4 is 4.90 Å². The van der Waals surface area contributed by atoms with Crippen molar-refractivity contribution in [3.8, 4) is 0 Å². The number of carbonyl (C=O) groups excluding carboxylic acids is 2. The molecule has 25 heavy (non-hydrogen) atoms. The van der Waals surface area contributed by atoms with Gasteiger partial charge in [-0.3, -0.25) is 14.9 Å². The highest BCUT2D eigenvalue weighted by molar-refractivity contribution is 6.04. The third-order valence-electron chi connectivity index (χ3n) is 3.95. The van der Waals surface area contributed by atoms with Gasteiger partial charge in [0.1, 0.15) is 0 Å². The standard InChI is InChI=1S/C18H18N2O5/c1-12(13-7-6-8-14(11-13)20(23)24)17(21)19(2)16-10-5-4-9-15(16)18(22)25-3/h4-12H,1-3H3. The molecule has 0 spiro atoms. The lowest BCUT2D eigenvalue weighted by Crippen LogP contribution is -2.31. The Morgan fingerprint density at radius 2 is 1.84 bits per heavy atom. The third kappa shape index (κ3) is 3.82. The average Bonchev–Trinajstić information content (AvgIpc) is 2.65. The summed E-state index contributed by atoms with van der Waals surface area (Å²) >= 11 is 0. The Labute approximate surface area is 145 Å². The quantitative estimate of drug-likeness (QED) is 0.473. The molecule has 1 amide bonds. The van der Waals surface area contributed by atoms with Gasteiger partial charge in [-0.25, -0.2) is 4.79 Å². The number of anilines is 1. The minimum Gasteiger partial charge on any atom is -0.465 e. The zero-order chi connectivity index (χ0) is 18.6. The fourth-order valence-corrected chi connectivity index (χ4v) is 2.51. The number of carbonyl (C=O) groups is 2. The van der Waals surface area contributed by atoms with E-state index < -0.39 is 16.8 Å². The highest BCUT2D eigenvalue weighted by atomic mass is 16.6. The second-order valence-corrected chi connectivity index (χ2v) is 5.48. The number of para-hydroxylation sites is 1. The highest BCUT2D eigenvalue weighted by Crippen LogP contribution is 2.26. The fraction of sp³-hybridized carbons (Fsp3) is 0.222. The molecule has 1 unspecified atom stereocenters. The molecule has 0 N–H and O–H groups in total. The lowest BCUT2D eigenvalue weighted by molar-refractivity contribution is -0.384. The van der Waals surface area contributed by atoms with Crippen molar-refractivity contribution in [3.63, 3.8) is 0 Å². The van der Waals surface area contributed by atoms with Gasteiger partial charge in [-0.05, 0) is 24.6 Å². The first kappa shape index (κ1) is 18.1. The number of esters is 1. The molecule has 130 valence electrons. The Morgan fingerprint density at radius 3 is 2.48 bits per heavy atom. The van der Waals surface area contributed by atoms with Gasteiger partial charge in [-0.1, -0.05) is 24.3 Å². The number of amides is 1. The van der Waals surface area contributed by atoms with Crippen molar-refractivity contribution in [3.05, 3.63) is 69.8 Å². The highest BCUT2D eigenvalue weighted by Gasteiger charge is 2.24. The molecule has 0 bridgehead atoms. The largest absolute Gasteiger partial charge is 0.465 e. The topological polar surface area (TPSA) is 89.8 Å². The van der Waals surface area contributed by atoms with Crippen molar-refractivity contribution in [2.45, 2.75) is 12.8 Å². The van der Waals surface area contributed by atoms with Crippen LogP contribution in [0.2, 0.25) is 0 Å². The summed E-state index contributed by atoms with van der Waals surface area (Å²) in [5.74, 6) is -1.45. The van der Waals surface area contributed by atoms with Crippen LogP contribution >= 0.6 is 0 Å². The summed E-state index contributed by atoms with van der Waals surface area (Å²) in [5, 5.41) is 10.9. The van der Waals surface area contributed by atoms with Gasteiger partial charge in [0.05, 0.1) is 29.2 Å². The number of nitro groups is 1. The van der Waals surface area contributed by atoms with E-state index in [1.807, 2.05) is 0 Å². The molecule has 7 heteroatoms. The molecule has 0 aliphatic carbocycles. The predicted molar refractivity (Wildman–Crippen MR) is 92.7 cm³/mol. The molecule has 0 saturated heterocycles. The van der Waals surface area contributed by atoms with E-state index in [2.05, 4.69) is 0 Å². The summed E-state index contributed by atoms with van der Waals surface area (Å²) in [7, 11) is 2.82. The van der Waals surface area contributed by atoms with Crippen LogP contribution in [-0.2, 0) is 9.53 Å². The number of benzene rings is 2. The van der Waals surface area contributed by atoms with Crippen molar-refractivity contribution in [1.82, 2.24) is 0 Å². The SMILES string of the molecule is COC(=O)c1ccccc1N(C)C(=O)C(C)c1cccc([N+](=O)[O-])c1. The number of rotatable bonds is 5. The maximum absolute atomic E-state index is 12.8. The Balaban J connectivity index is 2.33. The lowest BCUT2D eigenvalue weighted by Gasteiger charge is -2.23. The molecule has 1 atom stereocenters. The van der Waals surface area contributed by atoms with E-state index in [1.54, 1.807) is 50.4 Å². The number of hydrogen-bond donors (Lipinski definition) is 0. The van der Waals surface area contributed by atoms with E-state index >= 15 is 0 Å². The molecule has 0 saturated carbocycles.